The number of hydrogen-bond acceptors (Lipinski definition) is 1. The summed E-state index contributed by atoms with van der Waals surface area (Å²) in [5.41, 5.74) is 0.576. The lowest BCUT2D eigenvalue weighted by atomic mass is 10.4. The van der Waals surface area contributed by atoms with E-state index in [-0.39, 0.29) is 5.91 Å². The normalized spacial score (nSPS) is 9.30. The summed E-state index contributed by atoms with van der Waals surface area (Å²) in [5.74, 6) is -0.233. The van der Waals surface area contributed by atoms with Gasteiger partial charge >= 0.3 is 0 Å². The summed E-state index contributed by atoms with van der Waals surface area (Å²) in [6.45, 7) is 8.71. The molecule has 0 saturated carbocycles. The summed E-state index contributed by atoms with van der Waals surface area (Å²) >= 11 is 0. The molecule has 0 unspecified atom stereocenters. The van der Waals surface area contributed by atoms with Crippen molar-refractivity contribution in [2.24, 2.45) is 0 Å². The van der Waals surface area contributed by atoms with E-state index in [4.69, 9.17) is 0 Å². The van der Waals surface area contributed by atoms with Crippen LogP contribution in [0.15, 0.2) is 37.1 Å². The number of allylic oxidation sites excluding steroid dienone is 2. The lowest BCUT2D eigenvalue weighted by molar-refractivity contribution is -0.115. The lowest BCUT2D eigenvalue weighted by Crippen LogP contribution is -2.17. The Balaban J connectivity index is 3.79. The Morgan fingerprint density at radius 3 is 2.60 bits per heavy atom. The Bertz CT molecular complexity index is 180. The van der Waals surface area contributed by atoms with Crippen LogP contribution in [0.2, 0.25) is 0 Å². The maximum Gasteiger partial charge on any atom is 0.247 e. The van der Waals surface area contributed by atoms with Crippen molar-refractivity contribution < 1.29 is 4.79 Å². The number of carbonyl (C=O) groups excluding carboxylic acids is 1. The molecule has 0 fully saturated rings. The highest BCUT2D eigenvalue weighted by molar-refractivity contribution is 5.88. The number of hydrogen-bond donors (Lipinski definition) is 1. The predicted octanol–water partition coefficient (Wildman–Crippen LogP) is 1.38. The highest BCUT2D eigenvalue weighted by Crippen LogP contribution is 1.85. The van der Waals surface area contributed by atoms with Gasteiger partial charge in [0.25, 0.3) is 0 Å². The largest absolute Gasteiger partial charge is 0.323 e. The highest BCUT2D eigenvalue weighted by Gasteiger charge is 1.91. The molecule has 0 atom stereocenters. The van der Waals surface area contributed by atoms with Gasteiger partial charge in [-0.25, -0.2) is 0 Å². The molecule has 0 spiro atoms. The fourth-order valence-electron chi connectivity index (χ4n) is 0.452. The van der Waals surface area contributed by atoms with Crippen LogP contribution in [0.1, 0.15) is 6.92 Å². The maximum atomic E-state index is 10.6. The van der Waals surface area contributed by atoms with E-state index in [1.54, 1.807) is 12.2 Å². The molecular weight excluding hydrogens is 126 g/mol. The van der Waals surface area contributed by atoms with Crippen LogP contribution in [-0.4, -0.2) is 5.91 Å². The molecule has 0 rings (SSSR count). The van der Waals surface area contributed by atoms with Gasteiger partial charge in [-0.3, -0.25) is 4.79 Å². The van der Waals surface area contributed by atoms with Crippen LogP contribution in [0.3, 0.4) is 0 Å². The summed E-state index contributed by atoms with van der Waals surface area (Å²) in [6, 6.07) is 0. The molecule has 0 aromatic carbocycles. The Labute approximate surface area is 60.9 Å². The Morgan fingerprint density at radius 1 is 1.60 bits per heavy atom. The predicted molar refractivity (Wildman–Crippen MR) is 42.3 cm³/mol. The first-order valence-corrected chi connectivity index (χ1v) is 2.95. The lowest BCUT2D eigenvalue weighted by Gasteiger charge is -1.97. The summed E-state index contributed by atoms with van der Waals surface area (Å²) < 4.78 is 0. The zero-order chi connectivity index (χ0) is 7.98. The van der Waals surface area contributed by atoms with Crippen molar-refractivity contribution in [3.63, 3.8) is 0 Å². The van der Waals surface area contributed by atoms with E-state index >= 15 is 0 Å². The van der Waals surface area contributed by atoms with Gasteiger partial charge in [0.05, 0.1) is 0 Å². The molecule has 0 aliphatic carbocycles. The Hall–Kier alpha value is -1.31. The van der Waals surface area contributed by atoms with Crippen LogP contribution in [0.4, 0.5) is 0 Å². The number of rotatable bonds is 3. The van der Waals surface area contributed by atoms with Gasteiger partial charge in [-0.15, -0.1) is 0 Å². The summed E-state index contributed by atoms with van der Waals surface area (Å²) in [4.78, 5) is 10.6. The average molecular weight is 137 g/mol. The summed E-state index contributed by atoms with van der Waals surface area (Å²) in [7, 11) is 0. The molecule has 0 aliphatic rings. The molecule has 1 N–H and O–H groups in total. The van der Waals surface area contributed by atoms with Gasteiger partial charge in [0.1, 0.15) is 0 Å². The fraction of sp³-hybridized carbons (Fsp3) is 0.125. The van der Waals surface area contributed by atoms with Crippen molar-refractivity contribution in [2.45, 2.75) is 6.92 Å². The molecule has 0 aromatic heterocycles. The van der Waals surface area contributed by atoms with E-state index < -0.39 is 0 Å². The standard InChI is InChI=1S/C8H11NO/c1-4-6-7(3)9-8(10)5-2/h4-6H,2-3H2,1H3,(H,9,10). The monoisotopic (exact) mass is 137 g/mol. The number of carbonyl (C=O) groups is 1. The molecular formula is C8H11NO. The third kappa shape index (κ3) is 3.66. The second kappa shape index (κ2) is 4.56. The van der Waals surface area contributed by atoms with Crippen molar-refractivity contribution in [3.05, 3.63) is 37.1 Å². The van der Waals surface area contributed by atoms with Crippen LogP contribution in [-0.2, 0) is 4.79 Å². The highest BCUT2D eigenvalue weighted by atomic mass is 16.1. The van der Waals surface area contributed by atoms with E-state index in [1.165, 1.54) is 6.08 Å². The van der Waals surface area contributed by atoms with Crippen molar-refractivity contribution >= 4 is 5.91 Å². The topological polar surface area (TPSA) is 29.1 Å². The maximum absolute atomic E-state index is 10.6. The Morgan fingerprint density at radius 2 is 2.20 bits per heavy atom. The van der Waals surface area contributed by atoms with Gasteiger partial charge in [-0.1, -0.05) is 19.2 Å². The van der Waals surface area contributed by atoms with Crippen LogP contribution in [0.5, 0.6) is 0 Å². The van der Waals surface area contributed by atoms with Crippen molar-refractivity contribution in [2.75, 3.05) is 0 Å². The molecule has 10 heavy (non-hydrogen) atoms. The van der Waals surface area contributed by atoms with Gasteiger partial charge in [0.2, 0.25) is 5.91 Å². The SMILES string of the molecule is C=CC(=O)NC(=C)C=CC. The molecule has 0 bridgehead atoms. The minimum Gasteiger partial charge on any atom is -0.323 e. The summed E-state index contributed by atoms with van der Waals surface area (Å²) in [5, 5.41) is 2.49. The molecule has 2 nitrogen and oxygen atoms in total. The van der Waals surface area contributed by atoms with Gasteiger partial charge in [-0.2, -0.15) is 0 Å². The molecule has 0 heterocycles. The van der Waals surface area contributed by atoms with Crippen molar-refractivity contribution in [1.29, 1.82) is 0 Å². The fourth-order valence-corrected chi connectivity index (χ4v) is 0.452. The van der Waals surface area contributed by atoms with E-state index in [0.717, 1.165) is 0 Å². The molecule has 0 aliphatic heterocycles. The van der Waals surface area contributed by atoms with Crippen LogP contribution < -0.4 is 5.32 Å². The second-order valence-corrected chi connectivity index (χ2v) is 1.72. The third-order valence-corrected chi connectivity index (χ3v) is 0.837. The van der Waals surface area contributed by atoms with E-state index in [0.29, 0.717) is 5.70 Å². The van der Waals surface area contributed by atoms with Gasteiger partial charge in [0, 0.05) is 5.70 Å². The minimum atomic E-state index is -0.233. The number of nitrogens with one attached hydrogen (secondary N) is 1. The molecule has 1 amide bonds. The molecule has 0 radical (unpaired) electrons. The summed E-state index contributed by atoms with van der Waals surface area (Å²) in [6.07, 6.45) is 4.71. The van der Waals surface area contributed by atoms with E-state index in [1.807, 2.05) is 6.92 Å². The molecule has 0 aromatic rings. The second-order valence-electron chi connectivity index (χ2n) is 1.72. The zero-order valence-electron chi connectivity index (χ0n) is 6.05. The minimum absolute atomic E-state index is 0.233. The first kappa shape index (κ1) is 8.69. The van der Waals surface area contributed by atoms with Gasteiger partial charge < -0.3 is 5.32 Å². The third-order valence-electron chi connectivity index (χ3n) is 0.837. The zero-order valence-corrected chi connectivity index (χ0v) is 6.05. The van der Waals surface area contributed by atoms with Gasteiger partial charge in [0.15, 0.2) is 0 Å². The van der Waals surface area contributed by atoms with Crippen LogP contribution in [0.25, 0.3) is 0 Å². The quantitative estimate of drug-likeness (QED) is 0.462. The molecule has 2 heteroatoms. The average Bonchev–Trinajstić information content (AvgIpc) is 1.88. The van der Waals surface area contributed by atoms with E-state index in [9.17, 15) is 4.79 Å². The Kier molecular flexibility index (Phi) is 3.96. The van der Waals surface area contributed by atoms with Gasteiger partial charge in [-0.05, 0) is 19.1 Å². The van der Waals surface area contributed by atoms with Crippen molar-refractivity contribution in [3.8, 4) is 0 Å². The smallest absolute Gasteiger partial charge is 0.247 e. The van der Waals surface area contributed by atoms with E-state index in [2.05, 4.69) is 18.5 Å². The van der Waals surface area contributed by atoms with Crippen LogP contribution >= 0.6 is 0 Å². The number of amides is 1. The first-order valence-electron chi connectivity index (χ1n) is 2.95. The molecule has 0 saturated heterocycles. The van der Waals surface area contributed by atoms with Crippen molar-refractivity contribution in [1.82, 2.24) is 5.32 Å². The first-order chi connectivity index (χ1) is 4.70. The molecule has 54 valence electrons. The van der Waals surface area contributed by atoms with Crippen LogP contribution in [0, 0.1) is 0 Å².